The molecule has 3 rings (SSSR count). The number of rotatable bonds is 4. The molecular weight excluding hydrogens is 254 g/mol. The number of nitrogens with one attached hydrogen (secondary N) is 1. The van der Waals surface area contributed by atoms with Gasteiger partial charge < -0.3 is 5.32 Å². The number of piperidine rings is 1. The highest BCUT2D eigenvalue weighted by molar-refractivity contribution is 7.15. The van der Waals surface area contributed by atoms with Crippen LogP contribution in [-0.2, 0) is 6.54 Å². The third-order valence-corrected chi connectivity index (χ3v) is 5.58. The van der Waals surface area contributed by atoms with Crippen molar-refractivity contribution >= 4 is 16.5 Å². The second-order valence-electron chi connectivity index (χ2n) is 5.99. The van der Waals surface area contributed by atoms with Crippen LogP contribution in [0.3, 0.4) is 0 Å². The Bertz CT molecular complexity index is 404. The number of fused-ring (bicyclic) bond motifs is 1. The molecule has 4 heteroatoms. The molecule has 2 aliphatic rings. The van der Waals surface area contributed by atoms with E-state index in [1.54, 1.807) is 0 Å². The summed E-state index contributed by atoms with van der Waals surface area (Å²) in [6.07, 6.45) is 9.36. The predicted octanol–water partition coefficient (Wildman–Crippen LogP) is 3.59. The van der Waals surface area contributed by atoms with Gasteiger partial charge in [0, 0.05) is 30.7 Å². The summed E-state index contributed by atoms with van der Waals surface area (Å²) in [4.78, 5) is 8.49. The van der Waals surface area contributed by atoms with Crippen molar-refractivity contribution in [1.29, 1.82) is 0 Å². The van der Waals surface area contributed by atoms with E-state index in [1.807, 2.05) is 11.3 Å². The molecule has 106 valence electrons. The van der Waals surface area contributed by atoms with Crippen molar-refractivity contribution in [2.75, 3.05) is 25.0 Å². The van der Waals surface area contributed by atoms with Gasteiger partial charge in [-0.2, -0.15) is 0 Å². The summed E-state index contributed by atoms with van der Waals surface area (Å²) in [6.45, 7) is 6.79. The highest BCUT2D eigenvalue weighted by Crippen LogP contribution is 2.36. The van der Waals surface area contributed by atoms with Crippen LogP contribution >= 0.6 is 11.3 Å². The van der Waals surface area contributed by atoms with Crippen LogP contribution in [0.25, 0.3) is 0 Å². The molecule has 2 unspecified atom stereocenters. The summed E-state index contributed by atoms with van der Waals surface area (Å²) in [5, 5.41) is 4.37. The molecular formula is C15H25N3S. The minimum Gasteiger partial charge on any atom is -0.362 e. The van der Waals surface area contributed by atoms with Gasteiger partial charge >= 0.3 is 0 Å². The third kappa shape index (κ3) is 3.29. The number of anilines is 1. The first kappa shape index (κ1) is 13.4. The Morgan fingerprint density at radius 3 is 3.00 bits per heavy atom. The number of nitrogens with zero attached hydrogens (tertiary/aromatic N) is 2. The van der Waals surface area contributed by atoms with Crippen LogP contribution in [0.2, 0.25) is 0 Å². The molecule has 0 aromatic carbocycles. The molecule has 2 atom stereocenters. The molecule has 3 nitrogen and oxygen atoms in total. The van der Waals surface area contributed by atoms with Crippen LogP contribution in [0.5, 0.6) is 0 Å². The van der Waals surface area contributed by atoms with Crippen LogP contribution in [0.4, 0.5) is 5.13 Å². The van der Waals surface area contributed by atoms with Gasteiger partial charge in [-0.3, -0.25) is 4.90 Å². The lowest BCUT2D eigenvalue weighted by Gasteiger charge is -2.41. The maximum atomic E-state index is 4.43. The highest BCUT2D eigenvalue weighted by atomic mass is 32.1. The van der Waals surface area contributed by atoms with Gasteiger partial charge in [-0.05, 0) is 38.1 Å². The molecule has 1 aliphatic carbocycles. The average molecular weight is 279 g/mol. The van der Waals surface area contributed by atoms with Crippen molar-refractivity contribution in [2.45, 2.75) is 45.6 Å². The summed E-state index contributed by atoms with van der Waals surface area (Å²) in [5.41, 5.74) is 0. The summed E-state index contributed by atoms with van der Waals surface area (Å²) < 4.78 is 0. The van der Waals surface area contributed by atoms with Crippen molar-refractivity contribution in [3.05, 3.63) is 11.1 Å². The van der Waals surface area contributed by atoms with E-state index in [0.717, 1.165) is 30.1 Å². The van der Waals surface area contributed by atoms with E-state index >= 15 is 0 Å². The van der Waals surface area contributed by atoms with Gasteiger partial charge in [-0.1, -0.05) is 19.3 Å². The van der Waals surface area contributed by atoms with Crippen LogP contribution in [0.1, 0.15) is 43.9 Å². The lowest BCUT2D eigenvalue weighted by molar-refractivity contribution is 0.0827. The number of hydrogen-bond donors (Lipinski definition) is 1. The van der Waals surface area contributed by atoms with Gasteiger partial charge in [-0.15, -0.1) is 11.3 Å². The predicted molar refractivity (Wildman–Crippen MR) is 81.6 cm³/mol. The van der Waals surface area contributed by atoms with Gasteiger partial charge in [0.15, 0.2) is 5.13 Å². The topological polar surface area (TPSA) is 28.2 Å². The van der Waals surface area contributed by atoms with Crippen molar-refractivity contribution in [2.24, 2.45) is 11.8 Å². The highest BCUT2D eigenvalue weighted by Gasteiger charge is 2.31. The minimum absolute atomic E-state index is 0.959. The molecule has 1 aliphatic heterocycles. The van der Waals surface area contributed by atoms with Crippen molar-refractivity contribution in [3.63, 3.8) is 0 Å². The zero-order valence-electron chi connectivity index (χ0n) is 11.9. The number of likely N-dealkylation sites (tertiary alicyclic amines) is 1. The fourth-order valence-corrected chi connectivity index (χ4v) is 4.58. The smallest absolute Gasteiger partial charge is 0.182 e. The number of thiazole rings is 1. The Morgan fingerprint density at radius 2 is 2.16 bits per heavy atom. The summed E-state index contributed by atoms with van der Waals surface area (Å²) in [7, 11) is 0. The zero-order valence-corrected chi connectivity index (χ0v) is 12.7. The molecule has 0 radical (unpaired) electrons. The Labute approximate surface area is 120 Å². The lowest BCUT2D eigenvalue weighted by Crippen LogP contribution is -2.41. The molecule has 1 aromatic rings. The van der Waals surface area contributed by atoms with E-state index in [1.165, 1.54) is 50.1 Å². The van der Waals surface area contributed by atoms with Gasteiger partial charge in [0.1, 0.15) is 0 Å². The van der Waals surface area contributed by atoms with Crippen LogP contribution in [-0.4, -0.2) is 29.5 Å². The maximum Gasteiger partial charge on any atom is 0.182 e. The Balaban J connectivity index is 1.54. The third-order valence-electron chi connectivity index (χ3n) is 4.64. The molecule has 0 spiro atoms. The fraction of sp³-hybridized carbons (Fsp3) is 0.800. The monoisotopic (exact) mass is 279 g/mol. The van der Waals surface area contributed by atoms with Gasteiger partial charge in [0.05, 0.1) is 0 Å². The van der Waals surface area contributed by atoms with E-state index < -0.39 is 0 Å². The van der Waals surface area contributed by atoms with Crippen molar-refractivity contribution in [3.8, 4) is 0 Å². The van der Waals surface area contributed by atoms with Crippen LogP contribution in [0, 0.1) is 11.8 Å². The van der Waals surface area contributed by atoms with E-state index in [0.29, 0.717) is 0 Å². The summed E-state index contributed by atoms with van der Waals surface area (Å²) in [6, 6.07) is 0. The molecule has 2 heterocycles. The van der Waals surface area contributed by atoms with Gasteiger partial charge in [0.2, 0.25) is 0 Å². The standard InChI is InChI=1S/C15H25N3S/c1-2-16-15-17-9-14(19-15)11-18-8-7-12-5-3-4-6-13(12)10-18/h9,12-13H,2-8,10-11H2,1H3,(H,16,17). The van der Waals surface area contributed by atoms with E-state index in [-0.39, 0.29) is 0 Å². The largest absolute Gasteiger partial charge is 0.362 e. The van der Waals surface area contributed by atoms with E-state index in [4.69, 9.17) is 0 Å². The molecule has 2 fully saturated rings. The van der Waals surface area contributed by atoms with Gasteiger partial charge in [-0.25, -0.2) is 4.98 Å². The number of aromatic nitrogens is 1. The normalized spacial score (nSPS) is 28.1. The Kier molecular flexibility index (Phi) is 4.38. The van der Waals surface area contributed by atoms with E-state index in [9.17, 15) is 0 Å². The van der Waals surface area contributed by atoms with Crippen LogP contribution in [0.15, 0.2) is 6.20 Å². The number of hydrogen-bond acceptors (Lipinski definition) is 4. The van der Waals surface area contributed by atoms with Crippen LogP contribution < -0.4 is 5.32 Å². The zero-order chi connectivity index (χ0) is 13.1. The molecule has 19 heavy (non-hydrogen) atoms. The second kappa shape index (κ2) is 6.23. The SMILES string of the molecule is CCNc1ncc(CN2CCC3CCCCC3C2)s1. The van der Waals surface area contributed by atoms with Crippen molar-refractivity contribution in [1.82, 2.24) is 9.88 Å². The minimum atomic E-state index is 0.959. The molecule has 0 amide bonds. The quantitative estimate of drug-likeness (QED) is 0.913. The molecule has 1 N–H and O–H groups in total. The molecule has 0 bridgehead atoms. The van der Waals surface area contributed by atoms with Crippen molar-refractivity contribution < 1.29 is 0 Å². The van der Waals surface area contributed by atoms with E-state index in [2.05, 4.69) is 28.3 Å². The first-order valence-corrected chi connectivity index (χ1v) is 8.57. The van der Waals surface area contributed by atoms with Gasteiger partial charge in [0.25, 0.3) is 0 Å². The first-order chi connectivity index (χ1) is 9.35. The Hall–Kier alpha value is -0.610. The fourth-order valence-electron chi connectivity index (χ4n) is 3.65. The second-order valence-corrected chi connectivity index (χ2v) is 7.11. The molecule has 1 aromatic heterocycles. The summed E-state index contributed by atoms with van der Waals surface area (Å²) in [5.74, 6) is 2.01. The lowest BCUT2D eigenvalue weighted by atomic mass is 9.75. The summed E-state index contributed by atoms with van der Waals surface area (Å²) >= 11 is 1.82. The first-order valence-electron chi connectivity index (χ1n) is 7.76. The Morgan fingerprint density at radius 1 is 1.32 bits per heavy atom. The maximum absolute atomic E-state index is 4.43. The average Bonchev–Trinajstić information content (AvgIpc) is 2.86. The molecule has 1 saturated heterocycles. The molecule has 1 saturated carbocycles.